The Balaban J connectivity index is 1.58. The average Bonchev–Trinajstić information content (AvgIpc) is 3.03. The van der Waals surface area contributed by atoms with Gasteiger partial charge in [0, 0.05) is 11.4 Å². The number of hydrogen-bond acceptors (Lipinski definition) is 4. The zero-order valence-corrected chi connectivity index (χ0v) is 15.2. The zero-order chi connectivity index (χ0) is 17.1. The monoisotopic (exact) mass is 383 g/mol. The molecule has 0 bridgehead atoms. The van der Waals surface area contributed by atoms with Gasteiger partial charge in [-0.15, -0.1) is 11.8 Å². The van der Waals surface area contributed by atoms with Crippen LogP contribution in [0.2, 0.25) is 10.0 Å². The van der Waals surface area contributed by atoms with Crippen molar-refractivity contribution in [1.29, 1.82) is 0 Å². The maximum Gasteiger partial charge on any atom is 0.233 e. The number of carbonyl (C=O) groups is 1. The third-order valence-electron chi connectivity index (χ3n) is 3.49. The molecule has 0 aromatic heterocycles. The van der Waals surface area contributed by atoms with Crippen LogP contribution in [0.5, 0.6) is 11.5 Å². The van der Waals surface area contributed by atoms with E-state index in [2.05, 4.69) is 5.32 Å². The van der Waals surface area contributed by atoms with Gasteiger partial charge >= 0.3 is 0 Å². The number of fused-ring (bicyclic) bond motifs is 1. The van der Waals surface area contributed by atoms with Crippen LogP contribution in [-0.4, -0.2) is 18.0 Å². The minimum Gasteiger partial charge on any atom is -0.454 e. The van der Waals surface area contributed by atoms with Crippen LogP contribution in [0, 0.1) is 0 Å². The predicted octanol–water partition coefficient (Wildman–Crippen LogP) is 4.52. The van der Waals surface area contributed by atoms with Crippen LogP contribution >= 0.6 is 35.0 Å². The summed E-state index contributed by atoms with van der Waals surface area (Å²) in [6, 6.07) is 10.9. The van der Waals surface area contributed by atoms with E-state index >= 15 is 0 Å². The summed E-state index contributed by atoms with van der Waals surface area (Å²) in [5.74, 6) is 1.34. The van der Waals surface area contributed by atoms with Gasteiger partial charge in [0.15, 0.2) is 11.5 Å². The number of carbonyl (C=O) groups excluding carboxylic acids is 1. The van der Waals surface area contributed by atoms with Crippen LogP contribution in [0.3, 0.4) is 0 Å². The molecule has 1 atom stereocenters. The van der Waals surface area contributed by atoms with Gasteiger partial charge in [-0.05, 0) is 36.8 Å². The van der Waals surface area contributed by atoms with Crippen LogP contribution in [0.1, 0.15) is 12.5 Å². The molecular formula is C17H15Cl2NO3S. The first kappa shape index (κ1) is 17.3. The highest BCUT2D eigenvalue weighted by atomic mass is 35.5. The molecule has 0 saturated carbocycles. The number of halogens is 2. The maximum absolute atomic E-state index is 12.3. The minimum atomic E-state index is -0.323. The molecular weight excluding hydrogens is 369 g/mol. The van der Waals surface area contributed by atoms with Crippen molar-refractivity contribution in [3.63, 3.8) is 0 Å². The molecule has 0 unspecified atom stereocenters. The number of rotatable bonds is 5. The molecule has 2 aromatic rings. The largest absolute Gasteiger partial charge is 0.454 e. The first-order chi connectivity index (χ1) is 11.5. The van der Waals surface area contributed by atoms with E-state index in [1.807, 2.05) is 25.1 Å². The third kappa shape index (κ3) is 3.91. The molecule has 0 saturated heterocycles. The van der Waals surface area contributed by atoms with E-state index in [-0.39, 0.29) is 18.0 Å². The Morgan fingerprint density at radius 2 is 1.92 bits per heavy atom. The Bertz CT molecular complexity index is 749. The molecule has 2 aromatic carbocycles. The lowest BCUT2D eigenvalue weighted by atomic mass is 10.2. The van der Waals surface area contributed by atoms with Crippen molar-refractivity contribution in [3.05, 3.63) is 52.0 Å². The van der Waals surface area contributed by atoms with E-state index in [1.54, 1.807) is 18.2 Å². The summed E-state index contributed by atoms with van der Waals surface area (Å²) < 4.78 is 10.6. The molecule has 0 radical (unpaired) electrons. The van der Waals surface area contributed by atoms with Gasteiger partial charge in [0.1, 0.15) is 0 Å². The number of benzene rings is 2. The zero-order valence-electron chi connectivity index (χ0n) is 12.8. The van der Waals surface area contributed by atoms with Crippen LogP contribution in [-0.2, 0) is 11.3 Å². The summed E-state index contributed by atoms with van der Waals surface area (Å²) in [7, 11) is 0. The Hall–Kier alpha value is -1.56. The van der Waals surface area contributed by atoms with Gasteiger partial charge in [0.05, 0.1) is 15.3 Å². The smallest absolute Gasteiger partial charge is 0.233 e. The van der Waals surface area contributed by atoms with Gasteiger partial charge in [-0.1, -0.05) is 35.3 Å². The molecule has 0 fully saturated rings. The Morgan fingerprint density at radius 3 is 2.67 bits per heavy atom. The van der Waals surface area contributed by atoms with Crippen molar-refractivity contribution < 1.29 is 14.3 Å². The van der Waals surface area contributed by atoms with Gasteiger partial charge in [0.25, 0.3) is 0 Å². The number of nitrogens with one attached hydrogen (secondary N) is 1. The highest BCUT2D eigenvalue weighted by Gasteiger charge is 2.18. The fraction of sp³-hybridized carbons (Fsp3) is 0.235. The maximum atomic E-state index is 12.3. The number of amides is 1. The van der Waals surface area contributed by atoms with Gasteiger partial charge in [0.2, 0.25) is 12.7 Å². The first-order valence-corrected chi connectivity index (χ1v) is 8.95. The van der Waals surface area contributed by atoms with E-state index < -0.39 is 0 Å². The topological polar surface area (TPSA) is 47.6 Å². The summed E-state index contributed by atoms with van der Waals surface area (Å²) in [5, 5.41) is 3.67. The van der Waals surface area contributed by atoms with Crippen LogP contribution < -0.4 is 14.8 Å². The van der Waals surface area contributed by atoms with Crippen LogP contribution in [0.4, 0.5) is 0 Å². The molecule has 1 heterocycles. The summed E-state index contributed by atoms with van der Waals surface area (Å²) >= 11 is 13.6. The highest BCUT2D eigenvalue weighted by molar-refractivity contribution is 8.00. The second-order valence-electron chi connectivity index (χ2n) is 5.22. The SMILES string of the molecule is C[C@H](Sc1c(Cl)cccc1Cl)C(=O)NCc1ccc2c(c1)OCO2. The normalized spacial score (nSPS) is 13.6. The van der Waals surface area contributed by atoms with Crippen molar-refractivity contribution in [2.75, 3.05) is 6.79 Å². The van der Waals surface area contributed by atoms with Gasteiger partial charge in [-0.3, -0.25) is 4.79 Å². The molecule has 24 heavy (non-hydrogen) atoms. The van der Waals surface area contributed by atoms with Crippen molar-refractivity contribution in [2.45, 2.75) is 23.6 Å². The molecule has 1 N–H and O–H groups in total. The summed E-state index contributed by atoms with van der Waals surface area (Å²) in [6.07, 6.45) is 0. The van der Waals surface area contributed by atoms with E-state index in [4.69, 9.17) is 32.7 Å². The fourth-order valence-corrected chi connectivity index (χ4v) is 3.78. The van der Waals surface area contributed by atoms with E-state index in [0.29, 0.717) is 27.2 Å². The molecule has 7 heteroatoms. The summed E-state index contributed by atoms with van der Waals surface area (Å²) in [6.45, 7) is 2.47. The van der Waals surface area contributed by atoms with Crippen molar-refractivity contribution in [3.8, 4) is 11.5 Å². The van der Waals surface area contributed by atoms with E-state index in [9.17, 15) is 4.79 Å². The average molecular weight is 384 g/mol. The first-order valence-electron chi connectivity index (χ1n) is 7.31. The minimum absolute atomic E-state index is 0.0892. The molecule has 126 valence electrons. The lowest BCUT2D eigenvalue weighted by molar-refractivity contribution is -0.120. The van der Waals surface area contributed by atoms with Crippen LogP contribution in [0.15, 0.2) is 41.3 Å². The van der Waals surface area contributed by atoms with Crippen molar-refractivity contribution >= 4 is 40.9 Å². The van der Waals surface area contributed by atoms with Crippen LogP contribution in [0.25, 0.3) is 0 Å². The predicted molar refractivity (Wildman–Crippen MR) is 96.2 cm³/mol. The Morgan fingerprint density at radius 1 is 1.21 bits per heavy atom. The van der Waals surface area contributed by atoms with Gasteiger partial charge < -0.3 is 14.8 Å². The molecule has 3 rings (SSSR count). The summed E-state index contributed by atoms with van der Waals surface area (Å²) in [5.41, 5.74) is 0.945. The third-order valence-corrected chi connectivity index (χ3v) is 5.58. The number of ether oxygens (including phenoxy) is 2. The molecule has 1 aliphatic rings. The van der Waals surface area contributed by atoms with E-state index in [0.717, 1.165) is 11.3 Å². The molecule has 1 amide bonds. The Labute approximate surface area is 154 Å². The number of thioether (sulfide) groups is 1. The second kappa shape index (κ2) is 7.55. The van der Waals surface area contributed by atoms with Crippen molar-refractivity contribution in [2.24, 2.45) is 0 Å². The quantitative estimate of drug-likeness (QED) is 0.771. The van der Waals surface area contributed by atoms with Crippen molar-refractivity contribution in [1.82, 2.24) is 5.32 Å². The second-order valence-corrected chi connectivity index (χ2v) is 7.38. The standard InChI is InChI=1S/C17H15Cl2NO3S/c1-10(24-16-12(18)3-2-4-13(16)19)17(21)20-8-11-5-6-14-15(7-11)23-9-22-14/h2-7,10H,8-9H2,1H3,(H,20,21)/t10-/m0/s1. The number of hydrogen-bond donors (Lipinski definition) is 1. The highest BCUT2D eigenvalue weighted by Crippen LogP contribution is 2.36. The van der Waals surface area contributed by atoms with Gasteiger partial charge in [-0.25, -0.2) is 0 Å². The Kier molecular flexibility index (Phi) is 5.43. The lowest BCUT2D eigenvalue weighted by Crippen LogP contribution is -2.30. The lowest BCUT2D eigenvalue weighted by Gasteiger charge is -2.14. The van der Waals surface area contributed by atoms with Gasteiger partial charge in [-0.2, -0.15) is 0 Å². The molecule has 1 aliphatic heterocycles. The van der Waals surface area contributed by atoms with E-state index in [1.165, 1.54) is 11.8 Å². The molecule has 0 spiro atoms. The molecule has 4 nitrogen and oxygen atoms in total. The molecule has 0 aliphatic carbocycles. The summed E-state index contributed by atoms with van der Waals surface area (Å²) in [4.78, 5) is 13.0. The fourth-order valence-electron chi connectivity index (χ4n) is 2.21.